The third-order valence-electron chi connectivity index (χ3n) is 6.73. The number of nitrogens with zero attached hydrogens (tertiary/aromatic N) is 1. The Labute approximate surface area is 187 Å². The molecule has 32 heavy (non-hydrogen) atoms. The van der Waals surface area contributed by atoms with Crippen molar-refractivity contribution in [2.24, 2.45) is 0 Å². The van der Waals surface area contributed by atoms with Gasteiger partial charge in [0.1, 0.15) is 12.6 Å². The molecule has 3 aromatic carbocycles. The molecular weight excluding hydrogens is 402 g/mol. The Hall–Kier alpha value is -3.60. The summed E-state index contributed by atoms with van der Waals surface area (Å²) in [5, 5.41) is 9.81. The molecule has 0 radical (unpaired) electrons. The fourth-order valence-corrected chi connectivity index (χ4v) is 5.12. The highest BCUT2D eigenvalue weighted by molar-refractivity contribution is 5.81. The van der Waals surface area contributed by atoms with Crippen LogP contribution in [0.25, 0.3) is 11.1 Å². The summed E-state index contributed by atoms with van der Waals surface area (Å²) in [6, 6.07) is 25.4. The average molecular weight is 428 g/mol. The van der Waals surface area contributed by atoms with Crippen LogP contribution in [-0.4, -0.2) is 41.3 Å². The number of hydrogen-bond donors (Lipinski definition) is 1. The molecule has 0 saturated carbocycles. The number of carboxylic acids is 1. The number of amides is 1. The van der Waals surface area contributed by atoms with E-state index in [-0.39, 0.29) is 18.4 Å². The molecule has 3 aromatic rings. The van der Waals surface area contributed by atoms with E-state index >= 15 is 0 Å². The van der Waals surface area contributed by atoms with Crippen molar-refractivity contribution in [3.8, 4) is 11.1 Å². The van der Waals surface area contributed by atoms with E-state index in [9.17, 15) is 14.7 Å². The first-order valence-corrected chi connectivity index (χ1v) is 11.0. The molecule has 0 aromatic heterocycles. The van der Waals surface area contributed by atoms with Crippen LogP contribution in [0.3, 0.4) is 0 Å². The van der Waals surface area contributed by atoms with E-state index in [1.54, 1.807) is 0 Å². The number of likely N-dealkylation sites (tertiary alicyclic amines) is 1. The summed E-state index contributed by atoms with van der Waals surface area (Å²) < 4.78 is 5.72. The van der Waals surface area contributed by atoms with E-state index in [2.05, 4.69) is 24.3 Å². The van der Waals surface area contributed by atoms with Gasteiger partial charge in [-0.25, -0.2) is 9.59 Å². The van der Waals surface area contributed by atoms with Crippen molar-refractivity contribution in [3.05, 3.63) is 95.6 Å². The Morgan fingerprint density at radius 2 is 1.47 bits per heavy atom. The molecule has 2 atom stereocenters. The van der Waals surface area contributed by atoms with Crippen LogP contribution in [0, 0.1) is 0 Å². The highest BCUT2D eigenvalue weighted by Crippen LogP contribution is 2.44. The molecule has 5 nitrogen and oxygen atoms in total. The third kappa shape index (κ3) is 3.64. The molecule has 1 fully saturated rings. The monoisotopic (exact) mass is 427 g/mol. The normalized spacial score (nSPS) is 19.8. The van der Waals surface area contributed by atoms with Gasteiger partial charge >= 0.3 is 12.1 Å². The fraction of sp³-hybridized carbons (Fsp3) is 0.259. The van der Waals surface area contributed by atoms with Gasteiger partial charge in [0.05, 0.1) is 0 Å². The van der Waals surface area contributed by atoms with E-state index in [0.717, 1.165) is 34.2 Å². The lowest BCUT2D eigenvalue weighted by atomic mass is 9.85. The lowest BCUT2D eigenvalue weighted by Gasteiger charge is -2.36. The molecule has 162 valence electrons. The first kappa shape index (κ1) is 20.3. The van der Waals surface area contributed by atoms with Crippen LogP contribution >= 0.6 is 0 Å². The van der Waals surface area contributed by atoms with Gasteiger partial charge in [0.15, 0.2) is 0 Å². The van der Waals surface area contributed by atoms with E-state index in [0.29, 0.717) is 13.0 Å². The molecule has 0 unspecified atom stereocenters. The maximum atomic E-state index is 13.0. The third-order valence-corrected chi connectivity index (χ3v) is 6.73. The van der Waals surface area contributed by atoms with Gasteiger partial charge in [-0.3, -0.25) is 4.90 Å². The molecule has 0 spiro atoms. The summed E-state index contributed by atoms with van der Waals surface area (Å²) in [6.07, 6.45) is 0.562. The molecule has 1 N–H and O–H groups in total. The standard InChI is InChI=1S/C27H25NO4/c29-26(30)25-16-19(18-8-2-1-3-9-18)14-15-28(25)27(31)32-17-24-22-12-6-4-10-20(22)21-11-5-7-13-23(21)24/h1-13,19,24-25H,14-17H2,(H,29,30)/t19-,25-/m1/s1. The summed E-state index contributed by atoms with van der Waals surface area (Å²) in [5.74, 6) is -0.912. The van der Waals surface area contributed by atoms with Crippen LogP contribution < -0.4 is 0 Å². The molecule has 0 bridgehead atoms. The first-order chi connectivity index (χ1) is 15.6. The highest BCUT2D eigenvalue weighted by Gasteiger charge is 2.38. The number of carbonyl (C=O) groups is 2. The molecular formula is C27H25NO4. The Balaban J connectivity index is 1.31. The van der Waals surface area contributed by atoms with Crippen LogP contribution in [0.15, 0.2) is 78.9 Å². The minimum Gasteiger partial charge on any atom is -0.480 e. The smallest absolute Gasteiger partial charge is 0.410 e. The van der Waals surface area contributed by atoms with Gasteiger partial charge in [0, 0.05) is 12.5 Å². The van der Waals surface area contributed by atoms with Gasteiger partial charge in [-0.05, 0) is 46.6 Å². The maximum absolute atomic E-state index is 13.0. The fourth-order valence-electron chi connectivity index (χ4n) is 5.12. The number of piperidine rings is 1. The van der Waals surface area contributed by atoms with E-state index in [1.807, 2.05) is 54.6 Å². The zero-order valence-corrected chi connectivity index (χ0v) is 17.7. The van der Waals surface area contributed by atoms with Crippen LogP contribution in [0.5, 0.6) is 0 Å². The molecule has 5 rings (SSSR count). The summed E-state index contributed by atoms with van der Waals surface area (Å²) in [6.45, 7) is 0.561. The first-order valence-electron chi connectivity index (χ1n) is 11.0. The van der Waals surface area contributed by atoms with Gasteiger partial charge in [-0.2, -0.15) is 0 Å². The zero-order valence-electron chi connectivity index (χ0n) is 17.7. The number of ether oxygens (including phenoxy) is 1. The van der Waals surface area contributed by atoms with Gasteiger partial charge in [-0.15, -0.1) is 0 Å². The van der Waals surface area contributed by atoms with Crippen molar-refractivity contribution in [3.63, 3.8) is 0 Å². The van der Waals surface area contributed by atoms with Crippen molar-refractivity contribution in [2.75, 3.05) is 13.2 Å². The minimum absolute atomic E-state index is 0.0449. The van der Waals surface area contributed by atoms with Crippen molar-refractivity contribution < 1.29 is 19.4 Å². The van der Waals surface area contributed by atoms with Gasteiger partial charge in [0.2, 0.25) is 0 Å². The predicted molar refractivity (Wildman–Crippen MR) is 122 cm³/mol. The zero-order chi connectivity index (χ0) is 22.1. The topological polar surface area (TPSA) is 66.8 Å². The van der Waals surface area contributed by atoms with Crippen molar-refractivity contribution in [1.82, 2.24) is 4.90 Å². The number of hydrogen-bond acceptors (Lipinski definition) is 3. The Morgan fingerprint density at radius 1 is 0.875 bits per heavy atom. The van der Waals surface area contributed by atoms with Crippen LogP contribution in [0.1, 0.15) is 41.4 Å². The van der Waals surface area contributed by atoms with E-state index in [4.69, 9.17) is 4.74 Å². The number of carboxylic acid groups (broad SMARTS) is 1. The second-order valence-corrected chi connectivity index (χ2v) is 8.48. The van der Waals surface area contributed by atoms with Crippen LogP contribution in [0.2, 0.25) is 0 Å². The van der Waals surface area contributed by atoms with Crippen molar-refractivity contribution >= 4 is 12.1 Å². The number of rotatable bonds is 4. The molecule has 2 aliphatic rings. The van der Waals surface area contributed by atoms with Crippen LogP contribution in [0.4, 0.5) is 4.79 Å². The van der Waals surface area contributed by atoms with E-state index < -0.39 is 18.1 Å². The molecule has 1 heterocycles. The number of aliphatic carboxylic acids is 1. The molecule has 1 saturated heterocycles. The molecule has 1 aliphatic heterocycles. The summed E-state index contributed by atoms with van der Waals surface area (Å²) in [4.78, 5) is 26.3. The number of carbonyl (C=O) groups excluding carboxylic acids is 1. The Bertz CT molecular complexity index is 1100. The minimum atomic E-state index is -0.987. The summed E-state index contributed by atoms with van der Waals surface area (Å²) >= 11 is 0. The molecule has 5 heteroatoms. The molecule has 1 amide bonds. The largest absolute Gasteiger partial charge is 0.480 e. The Morgan fingerprint density at radius 3 is 2.09 bits per heavy atom. The van der Waals surface area contributed by atoms with E-state index in [1.165, 1.54) is 4.90 Å². The average Bonchev–Trinajstić information content (AvgIpc) is 3.16. The van der Waals surface area contributed by atoms with Crippen molar-refractivity contribution in [1.29, 1.82) is 0 Å². The quantitative estimate of drug-likeness (QED) is 0.616. The second-order valence-electron chi connectivity index (χ2n) is 8.48. The number of fused-ring (bicyclic) bond motifs is 3. The summed E-state index contributed by atoms with van der Waals surface area (Å²) in [5.41, 5.74) is 5.72. The van der Waals surface area contributed by atoms with Gasteiger partial charge in [-0.1, -0.05) is 78.9 Å². The summed E-state index contributed by atoms with van der Waals surface area (Å²) in [7, 11) is 0. The van der Waals surface area contributed by atoms with Crippen LogP contribution in [-0.2, 0) is 9.53 Å². The SMILES string of the molecule is O=C(O)[C@H]1C[C@H](c2ccccc2)CCN1C(=O)OCC1c2ccccc2-c2ccccc21. The lowest BCUT2D eigenvalue weighted by Crippen LogP contribution is -2.50. The second kappa shape index (κ2) is 8.50. The van der Waals surface area contributed by atoms with Gasteiger partial charge < -0.3 is 9.84 Å². The predicted octanol–water partition coefficient (Wildman–Crippen LogP) is 5.27. The van der Waals surface area contributed by atoms with Gasteiger partial charge in [0.25, 0.3) is 0 Å². The lowest BCUT2D eigenvalue weighted by molar-refractivity contribution is -0.144. The highest BCUT2D eigenvalue weighted by atomic mass is 16.6. The molecule has 1 aliphatic carbocycles. The van der Waals surface area contributed by atoms with Crippen molar-refractivity contribution in [2.45, 2.75) is 30.7 Å². The number of benzene rings is 3. The Kier molecular flexibility index (Phi) is 5.39. The maximum Gasteiger partial charge on any atom is 0.410 e.